The summed E-state index contributed by atoms with van der Waals surface area (Å²) in [5.74, 6) is 0.851. The van der Waals surface area contributed by atoms with Crippen molar-refractivity contribution in [2.75, 3.05) is 7.11 Å². The van der Waals surface area contributed by atoms with Crippen molar-refractivity contribution in [3.63, 3.8) is 0 Å². The van der Waals surface area contributed by atoms with Gasteiger partial charge in [0.05, 0.1) is 24.7 Å². The minimum absolute atomic E-state index is 0.851. The van der Waals surface area contributed by atoms with Crippen LogP contribution in [0.3, 0.4) is 0 Å². The summed E-state index contributed by atoms with van der Waals surface area (Å²) in [4.78, 5) is 4.62. The normalized spacial score (nSPS) is 11.2. The summed E-state index contributed by atoms with van der Waals surface area (Å²) in [5.41, 5.74) is 5.40. The highest BCUT2D eigenvalue weighted by molar-refractivity contribution is 9.10. The number of hydrogen-bond donors (Lipinski definition) is 0. The zero-order valence-electron chi connectivity index (χ0n) is 14.0. The lowest BCUT2D eigenvalue weighted by Crippen LogP contribution is -2.01. The monoisotopic (exact) mass is 382 g/mol. The van der Waals surface area contributed by atoms with Gasteiger partial charge in [0.25, 0.3) is 0 Å². The molecule has 0 unspecified atom stereocenters. The summed E-state index contributed by atoms with van der Waals surface area (Å²) in [6.45, 7) is 4.15. The standard InChI is InChI=1S/C20H19BrN2O/c1-14-12-16(5-11-20(14)21)22-13-18-6-4-15(2)23(18)17-7-9-19(24-3)10-8-17/h4-13H,1-3H3. The van der Waals surface area contributed by atoms with Crippen molar-refractivity contribution < 1.29 is 4.74 Å². The number of methoxy groups -OCH3 is 1. The van der Waals surface area contributed by atoms with Gasteiger partial charge in [0.15, 0.2) is 0 Å². The van der Waals surface area contributed by atoms with Crippen molar-refractivity contribution in [3.05, 3.63) is 76.0 Å². The summed E-state index contributed by atoms with van der Waals surface area (Å²) in [6, 6.07) is 18.3. The smallest absolute Gasteiger partial charge is 0.119 e. The number of rotatable bonds is 4. The second-order valence-corrected chi connectivity index (χ2v) is 6.48. The molecule has 0 bridgehead atoms. The van der Waals surface area contributed by atoms with Crippen molar-refractivity contribution in [3.8, 4) is 11.4 Å². The van der Waals surface area contributed by atoms with Crippen molar-refractivity contribution in [2.24, 2.45) is 4.99 Å². The van der Waals surface area contributed by atoms with Crippen LogP contribution in [0.5, 0.6) is 5.75 Å². The van der Waals surface area contributed by atoms with E-state index in [0.717, 1.165) is 33.0 Å². The number of halogens is 1. The average Bonchev–Trinajstić information content (AvgIpc) is 2.97. The zero-order valence-corrected chi connectivity index (χ0v) is 15.5. The summed E-state index contributed by atoms with van der Waals surface area (Å²) in [5, 5.41) is 0. The van der Waals surface area contributed by atoms with Crippen LogP contribution in [0.25, 0.3) is 5.69 Å². The third kappa shape index (κ3) is 3.44. The van der Waals surface area contributed by atoms with E-state index in [1.165, 1.54) is 5.56 Å². The Balaban J connectivity index is 1.94. The second kappa shape index (κ2) is 7.05. The Morgan fingerprint density at radius 2 is 1.75 bits per heavy atom. The van der Waals surface area contributed by atoms with Crippen LogP contribution in [0.4, 0.5) is 5.69 Å². The zero-order chi connectivity index (χ0) is 17.1. The van der Waals surface area contributed by atoms with Gasteiger partial charge in [0, 0.05) is 15.9 Å². The molecule has 0 aliphatic heterocycles. The first-order chi connectivity index (χ1) is 11.6. The minimum atomic E-state index is 0.851. The first kappa shape index (κ1) is 16.5. The van der Waals surface area contributed by atoms with Gasteiger partial charge in [-0.3, -0.25) is 4.99 Å². The van der Waals surface area contributed by atoms with Gasteiger partial charge < -0.3 is 9.30 Å². The maximum atomic E-state index is 5.23. The van der Waals surface area contributed by atoms with Crippen LogP contribution in [0.1, 0.15) is 17.0 Å². The molecule has 0 aliphatic rings. The maximum absolute atomic E-state index is 5.23. The fourth-order valence-corrected chi connectivity index (χ4v) is 2.84. The Hall–Kier alpha value is -2.33. The third-order valence-electron chi connectivity index (χ3n) is 3.92. The molecular formula is C20H19BrN2O. The van der Waals surface area contributed by atoms with Crippen LogP contribution in [0.15, 0.2) is 64.1 Å². The number of ether oxygens (including phenoxy) is 1. The summed E-state index contributed by atoms with van der Waals surface area (Å²) in [7, 11) is 1.67. The molecule has 24 heavy (non-hydrogen) atoms. The first-order valence-corrected chi connectivity index (χ1v) is 8.51. The fraction of sp³-hybridized carbons (Fsp3) is 0.150. The molecule has 0 atom stereocenters. The van der Waals surface area contributed by atoms with Crippen molar-refractivity contribution in [1.82, 2.24) is 4.57 Å². The van der Waals surface area contributed by atoms with Crippen LogP contribution in [-0.2, 0) is 0 Å². The molecule has 1 aromatic heterocycles. The molecule has 1 heterocycles. The molecule has 0 radical (unpaired) electrons. The molecule has 0 aliphatic carbocycles. The molecule has 0 saturated carbocycles. The molecule has 2 aromatic carbocycles. The Kier molecular flexibility index (Phi) is 4.86. The van der Waals surface area contributed by atoms with E-state index in [1.807, 2.05) is 42.6 Å². The Morgan fingerprint density at radius 3 is 2.42 bits per heavy atom. The van der Waals surface area contributed by atoms with Gasteiger partial charge in [-0.25, -0.2) is 0 Å². The lowest BCUT2D eigenvalue weighted by molar-refractivity contribution is 0.414. The molecule has 3 nitrogen and oxygen atoms in total. The van der Waals surface area contributed by atoms with Crippen LogP contribution in [0, 0.1) is 13.8 Å². The lowest BCUT2D eigenvalue weighted by Gasteiger charge is -2.10. The topological polar surface area (TPSA) is 26.5 Å². The van der Waals surface area contributed by atoms with Gasteiger partial charge in [0.2, 0.25) is 0 Å². The number of hydrogen-bond acceptors (Lipinski definition) is 2. The van der Waals surface area contributed by atoms with Crippen molar-refractivity contribution in [2.45, 2.75) is 13.8 Å². The highest BCUT2D eigenvalue weighted by Crippen LogP contribution is 2.23. The van der Waals surface area contributed by atoms with E-state index in [2.05, 4.69) is 57.5 Å². The third-order valence-corrected chi connectivity index (χ3v) is 4.81. The van der Waals surface area contributed by atoms with Crippen molar-refractivity contribution >= 4 is 27.8 Å². The van der Waals surface area contributed by atoms with E-state index in [1.54, 1.807) is 7.11 Å². The predicted octanol–water partition coefficient (Wildman–Crippen LogP) is 5.62. The molecule has 0 saturated heterocycles. The number of aromatic nitrogens is 1. The van der Waals surface area contributed by atoms with Gasteiger partial charge >= 0.3 is 0 Å². The molecule has 4 heteroatoms. The molecule has 3 aromatic rings. The van der Waals surface area contributed by atoms with E-state index in [-0.39, 0.29) is 0 Å². The molecule has 122 valence electrons. The number of aliphatic imine (C=N–C) groups is 1. The first-order valence-electron chi connectivity index (χ1n) is 7.71. The Labute approximate surface area is 150 Å². The molecule has 0 amide bonds. The largest absolute Gasteiger partial charge is 0.497 e. The van der Waals surface area contributed by atoms with Gasteiger partial charge in [0.1, 0.15) is 5.75 Å². The van der Waals surface area contributed by atoms with Gasteiger partial charge in [-0.1, -0.05) is 15.9 Å². The van der Waals surface area contributed by atoms with Crippen molar-refractivity contribution in [1.29, 1.82) is 0 Å². The van der Waals surface area contributed by atoms with Gasteiger partial charge in [-0.05, 0) is 74.0 Å². The van der Waals surface area contributed by atoms with Gasteiger partial charge in [-0.2, -0.15) is 0 Å². The van der Waals surface area contributed by atoms with Crippen LogP contribution in [-0.4, -0.2) is 17.9 Å². The number of benzene rings is 2. The summed E-state index contributed by atoms with van der Waals surface area (Å²) < 4.78 is 8.51. The maximum Gasteiger partial charge on any atom is 0.119 e. The molecule has 3 rings (SSSR count). The SMILES string of the molecule is COc1ccc(-n2c(C)ccc2C=Nc2ccc(Br)c(C)c2)cc1. The average molecular weight is 383 g/mol. The van der Waals surface area contributed by atoms with E-state index in [4.69, 9.17) is 4.74 Å². The molecule has 0 fully saturated rings. The molecule has 0 N–H and O–H groups in total. The Bertz CT molecular complexity index is 879. The Morgan fingerprint density at radius 1 is 1.00 bits per heavy atom. The fourth-order valence-electron chi connectivity index (χ4n) is 2.59. The van der Waals surface area contributed by atoms with Crippen LogP contribution < -0.4 is 4.74 Å². The number of aryl methyl sites for hydroxylation is 2. The second-order valence-electron chi connectivity index (χ2n) is 5.62. The van der Waals surface area contributed by atoms with E-state index in [9.17, 15) is 0 Å². The van der Waals surface area contributed by atoms with E-state index < -0.39 is 0 Å². The lowest BCUT2D eigenvalue weighted by atomic mass is 10.2. The quantitative estimate of drug-likeness (QED) is 0.538. The highest BCUT2D eigenvalue weighted by Gasteiger charge is 2.06. The predicted molar refractivity (Wildman–Crippen MR) is 103 cm³/mol. The van der Waals surface area contributed by atoms with Gasteiger partial charge in [-0.15, -0.1) is 0 Å². The molecule has 0 spiro atoms. The number of nitrogens with zero attached hydrogens (tertiary/aromatic N) is 2. The highest BCUT2D eigenvalue weighted by atomic mass is 79.9. The van der Waals surface area contributed by atoms with Crippen LogP contribution >= 0.6 is 15.9 Å². The van der Waals surface area contributed by atoms with E-state index in [0.29, 0.717) is 0 Å². The molecular weight excluding hydrogens is 364 g/mol. The minimum Gasteiger partial charge on any atom is -0.497 e. The van der Waals surface area contributed by atoms with Crippen LogP contribution in [0.2, 0.25) is 0 Å². The summed E-state index contributed by atoms with van der Waals surface area (Å²) in [6.07, 6.45) is 1.90. The van der Waals surface area contributed by atoms with E-state index >= 15 is 0 Å². The summed E-state index contributed by atoms with van der Waals surface area (Å²) >= 11 is 3.52.